The third-order valence-corrected chi connectivity index (χ3v) is 3.88. The molecule has 0 saturated heterocycles. The van der Waals surface area contributed by atoms with Gasteiger partial charge in [0.2, 0.25) is 0 Å². The Bertz CT molecular complexity index is 547. The van der Waals surface area contributed by atoms with E-state index in [1.54, 1.807) is 19.1 Å². The van der Waals surface area contributed by atoms with Crippen LogP contribution in [0.4, 0.5) is 0 Å². The molecule has 22 heavy (non-hydrogen) atoms. The second-order valence-electron chi connectivity index (χ2n) is 5.21. The SMILES string of the molecule is Cc1cc(OC(C)C(=O)NCC2=CCNCC2)ccc1Cl.Cl. The number of hydrogen-bond acceptors (Lipinski definition) is 3. The maximum absolute atomic E-state index is 12.0. The van der Waals surface area contributed by atoms with Gasteiger partial charge in [0.15, 0.2) is 6.10 Å². The molecule has 2 N–H and O–H groups in total. The third-order valence-electron chi connectivity index (χ3n) is 3.46. The zero-order chi connectivity index (χ0) is 15.2. The van der Waals surface area contributed by atoms with Crippen LogP contribution in [0.2, 0.25) is 5.02 Å². The molecule has 0 spiro atoms. The minimum absolute atomic E-state index is 0. The molecule has 4 nitrogen and oxygen atoms in total. The predicted molar refractivity (Wildman–Crippen MR) is 92.1 cm³/mol. The highest BCUT2D eigenvalue weighted by Gasteiger charge is 2.15. The third kappa shape index (κ3) is 5.52. The summed E-state index contributed by atoms with van der Waals surface area (Å²) in [5.74, 6) is 0.544. The van der Waals surface area contributed by atoms with E-state index in [2.05, 4.69) is 16.7 Å². The van der Waals surface area contributed by atoms with Gasteiger partial charge in [0.25, 0.3) is 5.91 Å². The summed E-state index contributed by atoms with van der Waals surface area (Å²) in [7, 11) is 0. The lowest BCUT2D eigenvalue weighted by atomic mass is 10.1. The summed E-state index contributed by atoms with van der Waals surface area (Å²) >= 11 is 5.97. The Labute approximate surface area is 142 Å². The molecule has 6 heteroatoms. The van der Waals surface area contributed by atoms with Crippen LogP contribution >= 0.6 is 24.0 Å². The lowest BCUT2D eigenvalue weighted by Crippen LogP contribution is -2.38. The topological polar surface area (TPSA) is 50.4 Å². The second kappa shape index (κ2) is 9.03. The Morgan fingerprint density at radius 1 is 1.50 bits per heavy atom. The molecular formula is C16H22Cl2N2O2. The molecule has 1 aliphatic rings. The van der Waals surface area contributed by atoms with E-state index in [-0.39, 0.29) is 18.3 Å². The average Bonchev–Trinajstić information content (AvgIpc) is 2.49. The van der Waals surface area contributed by atoms with Gasteiger partial charge in [-0.1, -0.05) is 23.3 Å². The van der Waals surface area contributed by atoms with Gasteiger partial charge >= 0.3 is 0 Å². The first-order chi connectivity index (χ1) is 10.1. The Morgan fingerprint density at radius 3 is 2.91 bits per heavy atom. The minimum atomic E-state index is -0.534. The normalized spacial score (nSPS) is 15.3. The molecule has 2 rings (SSSR count). The molecule has 0 aliphatic carbocycles. The van der Waals surface area contributed by atoms with Crippen molar-refractivity contribution in [1.29, 1.82) is 0 Å². The predicted octanol–water partition coefficient (Wildman–Crippen LogP) is 2.87. The highest BCUT2D eigenvalue weighted by atomic mass is 35.5. The van der Waals surface area contributed by atoms with E-state index in [1.165, 1.54) is 5.57 Å². The number of halogens is 2. The first kappa shape index (κ1) is 18.8. The van der Waals surface area contributed by atoms with Crippen LogP contribution in [0.15, 0.2) is 29.8 Å². The van der Waals surface area contributed by atoms with Crippen LogP contribution in [-0.2, 0) is 4.79 Å². The van der Waals surface area contributed by atoms with Crippen molar-refractivity contribution in [3.63, 3.8) is 0 Å². The van der Waals surface area contributed by atoms with Crippen molar-refractivity contribution in [1.82, 2.24) is 10.6 Å². The fourth-order valence-electron chi connectivity index (χ4n) is 2.12. The highest BCUT2D eigenvalue weighted by molar-refractivity contribution is 6.31. The largest absolute Gasteiger partial charge is 0.481 e. The van der Waals surface area contributed by atoms with E-state index in [9.17, 15) is 4.79 Å². The zero-order valence-corrected chi connectivity index (χ0v) is 14.4. The summed E-state index contributed by atoms with van der Waals surface area (Å²) in [6.07, 6.45) is 2.57. The summed E-state index contributed by atoms with van der Waals surface area (Å²) in [4.78, 5) is 12.0. The number of amides is 1. The molecule has 1 aliphatic heterocycles. The van der Waals surface area contributed by atoms with Gasteiger partial charge in [0, 0.05) is 18.1 Å². The molecular weight excluding hydrogens is 323 g/mol. The fourth-order valence-corrected chi connectivity index (χ4v) is 2.24. The summed E-state index contributed by atoms with van der Waals surface area (Å²) in [6.45, 7) is 6.09. The number of rotatable bonds is 5. The van der Waals surface area contributed by atoms with Crippen LogP contribution in [0.5, 0.6) is 5.75 Å². The lowest BCUT2D eigenvalue weighted by Gasteiger charge is -2.18. The van der Waals surface area contributed by atoms with Gasteiger partial charge < -0.3 is 15.4 Å². The molecule has 1 unspecified atom stereocenters. The molecule has 0 bridgehead atoms. The maximum atomic E-state index is 12.0. The van der Waals surface area contributed by atoms with Crippen molar-refractivity contribution < 1.29 is 9.53 Å². The second-order valence-corrected chi connectivity index (χ2v) is 5.61. The number of ether oxygens (including phenoxy) is 1. The van der Waals surface area contributed by atoms with Crippen LogP contribution < -0.4 is 15.4 Å². The van der Waals surface area contributed by atoms with Gasteiger partial charge in [-0.05, 0) is 50.6 Å². The molecule has 0 saturated carbocycles. The van der Waals surface area contributed by atoms with E-state index >= 15 is 0 Å². The fraction of sp³-hybridized carbons (Fsp3) is 0.438. The van der Waals surface area contributed by atoms with E-state index in [1.807, 2.05) is 13.0 Å². The van der Waals surface area contributed by atoms with Crippen LogP contribution in [0.1, 0.15) is 18.9 Å². The molecule has 1 aromatic carbocycles. The van der Waals surface area contributed by atoms with Crippen LogP contribution in [0.25, 0.3) is 0 Å². The Kier molecular flexibility index (Phi) is 7.73. The maximum Gasteiger partial charge on any atom is 0.261 e. The smallest absolute Gasteiger partial charge is 0.261 e. The quantitative estimate of drug-likeness (QED) is 0.807. The molecule has 122 valence electrons. The monoisotopic (exact) mass is 344 g/mol. The standard InChI is InChI=1S/C16H21ClN2O2.ClH/c1-11-9-14(3-4-15(11)17)21-12(2)16(20)19-10-13-5-7-18-8-6-13;/h3-5,9,12,18H,6-8,10H2,1-2H3,(H,19,20);1H. The zero-order valence-electron chi connectivity index (χ0n) is 12.8. The summed E-state index contributed by atoms with van der Waals surface area (Å²) in [5.41, 5.74) is 2.19. The first-order valence-corrected chi connectivity index (χ1v) is 7.53. The van der Waals surface area contributed by atoms with Crippen molar-refractivity contribution in [3.05, 3.63) is 40.4 Å². The van der Waals surface area contributed by atoms with Crippen molar-refractivity contribution >= 4 is 29.9 Å². The van der Waals surface area contributed by atoms with E-state index in [0.717, 1.165) is 25.1 Å². The van der Waals surface area contributed by atoms with Gasteiger partial charge in [-0.25, -0.2) is 0 Å². The van der Waals surface area contributed by atoms with Crippen molar-refractivity contribution in [3.8, 4) is 5.75 Å². The number of carbonyl (C=O) groups excluding carboxylic acids is 1. The number of carbonyl (C=O) groups is 1. The van der Waals surface area contributed by atoms with Gasteiger partial charge in [-0.15, -0.1) is 12.4 Å². The Morgan fingerprint density at radius 2 is 2.27 bits per heavy atom. The van der Waals surface area contributed by atoms with Crippen molar-refractivity contribution in [2.45, 2.75) is 26.4 Å². The Balaban J connectivity index is 0.00000242. The lowest BCUT2D eigenvalue weighted by molar-refractivity contribution is -0.127. The molecule has 0 fully saturated rings. The number of benzene rings is 1. The summed E-state index contributed by atoms with van der Waals surface area (Å²) in [6, 6.07) is 5.38. The van der Waals surface area contributed by atoms with Crippen LogP contribution in [-0.4, -0.2) is 31.6 Å². The van der Waals surface area contributed by atoms with E-state index in [0.29, 0.717) is 17.3 Å². The van der Waals surface area contributed by atoms with Gasteiger partial charge in [0.1, 0.15) is 5.75 Å². The Hall–Kier alpha value is -1.23. The molecule has 0 radical (unpaired) electrons. The number of nitrogens with one attached hydrogen (secondary N) is 2. The molecule has 0 aromatic heterocycles. The van der Waals surface area contributed by atoms with Gasteiger partial charge in [-0.3, -0.25) is 4.79 Å². The molecule has 1 amide bonds. The highest BCUT2D eigenvalue weighted by Crippen LogP contribution is 2.21. The van der Waals surface area contributed by atoms with Crippen LogP contribution in [0, 0.1) is 6.92 Å². The molecule has 1 atom stereocenters. The first-order valence-electron chi connectivity index (χ1n) is 7.15. The summed E-state index contributed by atoms with van der Waals surface area (Å²) in [5, 5.41) is 6.85. The van der Waals surface area contributed by atoms with Gasteiger partial charge in [0.05, 0.1) is 0 Å². The number of hydrogen-bond donors (Lipinski definition) is 2. The molecule has 1 heterocycles. The van der Waals surface area contributed by atoms with Crippen molar-refractivity contribution in [2.75, 3.05) is 19.6 Å². The van der Waals surface area contributed by atoms with Gasteiger partial charge in [-0.2, -0.15) is 0 Å². The molecule has 1 aromatic rings. The summed E-state index contributed by atoms with van der Waals surface area (Å²) < 4.78 is 5.65. The number of aryl methyl sites for hydroxylation is 1. The average molecular weight is 345 g/mol. The van der Waals surface area contributed by atoms with Crippen molar-refractivity contribution in [2.24, 2.45) is 0 Å². The van der Waals surface area contributed by atoms with E-state index in [4.69, 9.17) is 16.3 Å². The minimum Gasteiger partial charge on any atom is -0.481 e. The van der Waals surface area contributed by atoms with E-state index < -0.39 is 6.10 Å². The van der Waals surface area contributed by atoms with Crippen LogP contribution in [0.3, 0.4) is 0 Å².